The predicted molar refractivity (Wildman–Crippen MR) is 77.0 cm³/mol. The van der Waals surface area contributed by atoms with E-state index in [1.165, 1.54) is 18.4 Å². The highest BCUT2D eigenvalue weighted by Crippen LogP contribution is 2.18. The summed E-state index contributed by atoms with van der Waals surface area (Å²) in [5, 5.41) is 22.4. The zero-order valence-corrected chi connectivity index (χ0v) is 11.7. The van der Waals surface area contributed by atoms with Crippen molar-refractivity contribution in [3.05, 3.63) is 71.2 Å². The molecule has 2 N–H and O–H groups in total. The van der Waals surface area contributed by atoms with Gasteiger partial charge in [0.05, 0.1) is 6.26 Å². The van der Waals surface area contributed by atoms with Crippen molar-refractivity contribution in [3.8, 4) is 0 Å². The molecule has 116 valence electrons. The number of aliphatic hydroxyl groups is 1. The number of hydrogen-bond acceptors (Lipinski definition) is 6. The summed E-state index contributed by atoms with van der Waals surface area (Å²) in [6.45, 7) is 0. The molecule has 2 aromatic heterocycles. The van der Waals surface area contributed by atoms with Crippen LogP contribution < -0.4 is 0 Å². The second kappa shape index (κ2) is 6.22. The monoisotopic (exact) mass is 314 g/mol. The number of halogens is 1. The molecule has 0 amide bonds. The van der Waals surface area contributed by atoms with Gasteiger partial charge in [0.2, 0.25) is 11.6 Å². The number of allylic oxidation sites excluding steroid dienone is 1. The van der Waals surface area contributed by atoms with Gasteiger partial charge in [-0.25, -0.2) is 4.39 Å². The van der Waals surface area contributed by atoms with Crippen LogP contribution in [0.2, 0.25) is 0 Å². The quantitative estimate of drug-likeness (QED) is 0.425. The lowest BCUT2D eigenvalue weighted by Gasteiger charge is -2.01. The lowest BCUT2D eigenvalue weighted by atomic mass is 10.0. The average Bonchev–Trinajstić information content (AvgIpc) is 3.20. The van der Waals surface area contributed by atoms with Gasteiger partial charge in [-0.15, -0.1) is 10.2 Å². The fourth-order valence-corrected chi connectivity index (χ4v) is 2.04. The summed E-state index contributed by atoms with van der Waals surface area (Å²) in [5.74, 6) is -1.29. The minimum absolute atomic E-state index is 0.0874. The van der Waals surface area contributed by atoms with Crippen LogP contribution in [0.25, 0.3) is 5.76 Å². The van der Waals surface area contributed by atoms with Crippen LogP contribution in [0.5, 0.6) is 0 Å². The molecule has 3 aromatic rings. The molecule has 0 saturated heterocycles. The summed E-state index contributed by atoms with van der Waals surface area (Å²) < 4.78 is 18.1. The van der Waals surface area contributed by atoms with Crippen molar-refractivity contribution in [1.82, 2.24) is 20.6 Å². The summed E-state index contributed by atoms with van der Waals surface area (Å²) >= 11 is 0. The van der Waals surface area contributed by atoms with Crippen molar-refractivity contribution >= 4 is 11.5 Å². The van der Waals surface area contributed by atoms with Crippen molar-refractivity contribution in [1.29, 1.82) is 0 Å². The predicted octanol–water partition coefficient (Wildman–Crippen LogP) is 2.30. The lowest BCUT2D eigenvalue weighted by molar-refractivity contribution is 0.102. The number of hydrogen-bond donors (Lipinski definition) is 2. The highest BCUT2D eigenvalue weighted by molar-refractivity contribution is 6.06. The Morgan fingerprint density at radius 2 is 2.09 bits per heavy atom. The van der Waals surface area contributed by atoms with E-state index in [9.17, 15) is 14.3 Å². The summed E-state index contributed by atoms with van der Waals surface area (Å²) in [6, 6.07) is 7.60. The van der Waals surface area contributed by atoms with Gasteiger partial charge in [-0.2, -0.15) is 5.21 Å². The number of aromatic nitrogens is 4. The Labute approximate surface area is 129 Å². The molecule has 0 aliphatic heterocycles. The number of H-pyrrole nitrogens is 1. The maximum atomic E-state index is 12.9. The summed E-state index contributed by atoms with van der Waals surface area (Å²) in [7, 11) is 0. The minimum atomic E-state index is -0.533. The van der Waals surface area contributed by atoms with Crippen LogP contribution in [0.3, 0.4) is 0 Å². The largest absolute Gasteiger partial charge is 0.504 e. The normalized spacial score (nSPS) is 11.6. The number of carbonyl (C=O) groups excluding carboxylic acids is 1. The second-order valence-electron chi connectivity index (χ2n) is 4.71. The Balaban J connectivity index is 1.81. The van der Waals surface area contributed by atoms with Gasteiger partial charge in [0.25, 0.3) is 0 Å². The van der Waals surface area contributed by atoms with E-state index in [4.69, 9.17) is 4.42 Å². The number of ketones is 1. The first-order valence-corrected chi connectivity index (χ1v) is 6.63. The highest BCUT2D eigenvalue weighted by atomic mass is 19.1. The van der Waals surface area contributed by atoms with E-state index in [1.807, 2.05) is 0 Å². The Morgan fingerprint density at radius 1 is 1.30 bits per heavy atom. The molecule has 7 nitrogen and oxygen atoms in total. The van der Waals surface area contributed by atoms with E-state index in [0.717, 1.165) is 11.6 Å². The zero-order valence-electron chi connectivity index (χ0n) is 11.7. The Bertz CT molecular complexity index is 838. The number of carbonyl (C=O) groups is 1. The third-order valence-corrected chi connectivity index (χ3v) is 3.12. The Kier molecular flexibility index (Phi) is 3.96. The summed E-state index contributed by atoms with van der Waals surface area (Å²) in [4.78, 5) is 12.2. The van der Waals surface area contributed by atoms with Gasteiger partial charge in [-0.05, 0) is 29.0 Å². The molecular formula is C15H11FN4O3. The van der Waals surface area contributed by atoms with Gasteiger partial charge in [-0.1, -0.05) is 12.1 Å². The van der Waals surface area contributed by atoms with Gasteiger partial charge in [-0.3, -0.25) is 4.79 Å². The van der Waals surface area contributed by atoms with Gasteiger partial charge in [0.15, 0.2) is 11.5 Å². The Hall–Kier alpha value is -3.29. The topological polar surface area (TPSA) is 105 Å². The smallest absolute Gasteiger partial charge is 0.239 e. The minimum Gasteiger partial charge on any atom is -0.504 e. The molecule has 0 spiro atoms. The molecule has 0 fully saturated rings. The second-order valence-corrected chi connectivity index (χ2v) is 4.71. The maximum absolute atomic E-state index is 12.9. The zero-order chi connectivity index (χ0) is 16.2. The third-order valence-electron chi connectivity index (χ3n) is 3.12. The number of tetrazole rings is 1. The SMILES string of the molecule is O=C(C=C(O)c1nn[nH]n1)c1occc1Cc1ccc(F)cc1. The Morgan fingerprint density at radius 3 is 2.78 bits per heavy atom. The van der Waals surface area contributed by atoms with E-state index in [1.54, 1.807) is 18.2 Å². The fourth-order valence-electron chi connectivity index (χ4n) is 2.04. The van der Waals surface area contributed by atoms with Crippen LogP contribution in [0.15, 0.2) is 47.1 Å². The number of aromatic amines is 1. The highest BCUT2D eigenvalue weighted by Gasteiger charge is 2.16. The molecule has 3 rings (SSSR count). The maximum Gasteiger partial charge on any atom is 0.239 e. The number of benzene rings is 1. The van der Waals surface area contributed by atoms with Gasteiger partial charge < -0.3 is 9.52 Å². The molecule has 0 saturated carbocycles. The van der Waals surface area contributed by atoms with Crippen molar-refractivity contribution in [3.63, 3.8) is 0 Å². The number of furan rings is 1. The van der Waals surface area contributed by atoms with Crippen LogP contribution in [0, 0.1) is 5.82 Å². The molecule has 8 heteroatoms. The van der Waals surface area contributed by atoms with Gasteiger partial charge >= 0.3 is 0 Å². The molecular weight excluding hydrogens is 303 g/mol. The molecule has 0 aliphatic carbocycles. The fraction of sp³-hybridized carbons (Fsp3) is 0.0667. The molecule has 23 heavy (non-hydrogen) atoms. The standard InChI is InChI=1S/C15H11FN4O3/c16-11-3-1-9(2-4-11)7-10-5-6-23-14(10)12(21)8-13(22)15-17-19-20-18-15/h1-6,8,22H,7H2,(H,17,18,19,20). The molecule has 0 aliphatic rings. The van der Waals surface area contributed by atoms with Gasteiger partial charge in [0, 0.05) is 18.1 Å². The van der Waals surface area contributed by atoms with Crippen LogP contribution >= 0.6 is 0 Å². The number of rotatable bonds is 5. The number of nitrogens with zero attached hydrogens (tertiary/aromatic N) is 3. The van der Waals surface area contributed by atoms with Crippen molar-refractivity contribution in [2.24, 2.45) is 0 Å². The molecule has 0 atom stereocenters. The molecule has 0 bridgehead atoms. The number of nitrogens with one attached hydrogen (secondary N) is 1. The first-order chi connectivity index (χ1) is 11.1. The lowest BCUT2D eigenvalue weighted by Crippen LogP contribution is -2.00. The van der Waals surface area contributed by atoms with E-state index in [2.05, 4.69) is 20.6 Å². The van der Waals surface area contributed by atoms with Crippen LogP contribution in [-0.4, -0.2) is 31.5 Å². The van der Waals surface area contributed by atoms with Crippen LogP contribution in [0.4, 0.5) is 4.39 Å². The van der Waals surface area contributed by atoms with Crippen molar-refractivity contribution in [2.75, 3.05) is 0 Å². The van der Waals surface area contributed by atoms with Crippen molar-refractivity contribution < 1.29 is 18.7 Å². The number of aliphatic hydroxyl groups excluding tert-OH is 1. The van der Waals surface area contributed by atoms with Crippen LogP contribution in [-0.2, 0) is 6.42 Å². The third kappa shape index (κ3) is 3.31. The van der Waals surface area contributed by atoms with Gasteiger partial charge in [0.1, 0.15) is 5.82 Å². The van der Waals surface area contributed by atoms with Crippen LogP contribution in [0.1, 0.15) is 27.5 Å². The summed E-state index contributed by atoms with van der Waals surface area (Å²) in [6.07, 6.45) is 2.73. The molecule has 2 heterocycles. The molecule has 0 unspecified atom stereocenters. The molecule has 0 radical (unpaired) electrons. The van der Waals surface area contributed by atoms with Crippen molar-refractivity contribution in [2.45, 2.75) is 6.42 Å². The van der Waals surface area contributed by atoms with E-state index >= 15 is 0 Å². The summed E-state index contributed by atoms with van der Waals surface area (Å²) in [5.41, 5.74) is 1.45. The van der Waals surface area contributed by atoms with E-state index < -0.39 is 11.5 Å². The average molecular weight is 314 g/mol. The van der Waals surface area contributed by atoms with E-state index in [-0.39, 0.29) is 17.4 Å². The molecule has 1 aromatic carbocycles. The van der Waals surface area contributed by atoms with E-state index in [0.29, 0.717) is 12.0 Å². The first-order valence-electron chi connectivity index (χ1n) is 6.63. The first kappa shape index (κ1) is 14.6.